The van der Waals surface area contributed by atoms with Crippen LogP contribution in [0.4, 0.5) is 10.6 Å². The second-order valence-electron chi connectivity index (χ2n) is 10.3. The average molecular weight is 495 g/mol. The molecule has 0 aliphatic carbocycles. The van der Waals surface area contributed by atoms with Gasteiger partial charge in [0.2, 0.25) is 5.28 Å². The van der Waals surface area contributed by atoms with Gasteiger partial charge in [-0.05, 0) is 50.6 Å². The Morgan fingerprint density at radius 1 is 1.12 bits per heavy atom. The maximum Gasteiger partial charge on any atom is 0.410 e. The minimum Gasteiger partial charge on any atom is -0.444 e. The van der Waals surface area contributed by atoms with Crippen molar-refractivity contribution < 1.29 is 14.3 Å². The van der Waals surface area contributed by atoms with Crippen LogP contribution in [0.2, 0.25) is 5.28 Å². The lowest BCUT2D eigenvalue weighted by molar-refractivity contribution is -0.0550. The van der Waals surface area contributed by atoms with Crippen molar-refractivity contribution in [2.75, 3.05) is 57.4 Å². The summed E-state index contributed by atoms with van der Waals surface area (Å²) >= 11 is 7.81. The van der Waals surface area contributed by atoms with E-state index in [-0.39, 0.29) is 11.4 Å². The van der Waals surface area contributed by atoms with E-state index in [1.807, 2.05) is 25.7 Å². The number of hydrogen-bond donors (Lipinski definition) is 0. The molecule has 2 aromatic heterocycles. The summed E-state index contributed by atoms with van der Waals surface area (Å²) < 4.78 is 11.0. The molecule has 0 saturated carbocycles. The van der Waals surface area contributed by atoms with Crippen molar-refractivity contribution in [2.24, 2.45) is 5.41 Å². The molecule has 3 fully saturated rings. The van der Waals surface area contributed by atoms with Crippen LogP contribution in [-0.4, -0.2) is 88.9 Å². The summed E-state index contributed by atoms with van der Waals surface area (Å²) in [6.07, 6.45) is 1.84. The van der Waals surface area contributed by atoms with Gasteiger partial charge in [0.1, 0.15) is 16.1 Å². The Labute approximate surface area is 203 Å². The topological polar surface area (TPSA) is 83.9 Å². The predicted molar refractivity (Wildman–Crippen MR) is 128 cm³/mol. The number of carbonyl (C=O) groups excluding carboxylic acids is 1. The molecule has 0 aromatic carbocycles. The van der Waals surface area contributed by atoms with Crippen LogP contribution in [0, 0.1) is 5.41 Å². The highest BCUT2D eigenvalue weighted by Gasteiger charge is 2.46. The summed E-state index contributed by atoms with van der Waals surface area (Å²) in [6, 6.07) is 0. The van der Waals surface area contributed by atoms with E-state index in [1.165, 1.54) is 0 Å². The molecule has 0 radical (unpaired) electrons. The van der Waals surface area contributed by atoms with Gasteiger partial charge in [0.15, 0.2) is 10.6 Å². The van der Waals surface area contributed by atoms with Crippen LogP contribution in [0.1, 0.15) is 38.6 Å². The smallest absolute Gasteiger partial charge is 0.410 e. The van der Waals surface area contributed by atoms with E-state index in [0.717, 1.165) is 79.8 Å². The fourth-order valence-electron chi connectivity index (χ4n) is 4.90. The Morgan fingerprint density at radius 2 is 1.82 bits per heavy atom. The Hall–Kier alpha value is -1.75. The summed E-state index contributed by atoms with van der Waals surface area (Å²) in [4.78, 5) is 33.4. The summed E-state index contributed by atoms with van der Waals surface area (Å²) in [5.41, 5.74) is 0.687. The predicted octanol–water partition coefficient (Wildman–Crippen LogP) is 3.41. The van der Waals surface area contributed by atoms with Gasteiger partial charge in [0, 0.05) is 39.3 Å². The maximum atomic E-state index is 12.3. The molecular weight excluding hydrogens is 464 g/mol. The average Bonchev–Trinajstić information content (AvgIpc) is 3.14. The van der Waals surface area contributed by atoms with Gasteiger partial charge in [-0.1, -0.05) is 11.3 Å². The number of amides is 1. The highest BCUT2D eigenvalue weighted by Crippen LogP contribution is 2.42. The first-order valence-corrected chi connectivity index (χ1v) is 12.8. The van der Waals surface area contributed by atoms with Crippen LogP contribution in [0.25, 0.3) is 10.3 Å². The minimum absolute atomic E-state index is 0.196. The molecule has 0 N–H and O–H groups in total. The number of thiazole rings is 1. The van der Waals surface area contributed by atoms with Gasteiger partial charge in [-0.25, -0.2) is 14.8 Å². The molecule has 9 nitrogen and oxygen atoms in total. The highest BCUT2D eigenvalue weighted by atomic mass is 35.5. The molecule has 0 bridgehead atoms. The second kappa shape index (κ2) is 8.79. The van der Waals surface area contributed by atoms with E-state index in [1.54, 1.807) is 11.3 Å². The van der Waals surface area contributed by atoms with Crippen molar-refractivity contribution in [1.82, 2.24) is 24.8 Å². The first-order chi connectivity index (χ1) is 15.7. The van der Waals surface area contributed by atoms with Crippen LogP contribution >= 0.6 is 22.9 Å². The van der Waals surface area contributed by atoms with Gasteiger partial charge in [0.25, 0.3) is 0 Å². The zero-order chi connectivity index (χ0) is 23.2. The molecule has 0 unspecified atom stereocenters. The van der Waals surface area contributed by atoms with Crippen molar-refractivity contribution in [1.29, 1.82) is 0 Å². The van der Waals surface area contributed by atoms with Crippen molar-refractivity contribution in [2.45, 2.75) is 45.8 Å². The monoisotopic (exact) mass is 494 g/mol. The molecular formula is C22H31ClN6O3S. The van der Waals surface area contributed by atoms with Crippen LogP contribution in [0.5, 0.6) is 0 Å². The van der Waals surface area contributed by atoms with Gasteiger partial charge < -0.3 is 19.3 Å². The lowest BCUT2D eigenvalue weighted by Gasteiger charge is -2.53. The maximum absolute atomic E-state index is 12.3. The Balaban J connectivity index is 1.19. The standard InChI is InChI=1S/C22H31ClN6O3S/c1-21(2,3)32-20(30)29-6-4-22(5-7-29)13-27(14-22)12-15-24-16-17(28-8-10-31-11-9-28)25-19(23)26-18(16)33-15/h4-14H2,1-3H3. The van der Waals surface area contributed by atoms with E-state index < -0.39 is 5.60 Å². The number of ether oxygens (including phenoxy) is 2. The number of piperidine rings is 1. The molecule has 11 heteroatoms. The summed E-state index contributed by atoms with van der Waals surface area (Å²) in [5, 5.41) is 1.30. The van der Waals surface area contributed by atoms with Crippen molar-refractivity contribution in [3.8, 4) is 0 Å². The van der Waals surface area contributed by atoms with Crippen LogP contribution < -0.4 is 4.90 Å². The van der Waals surface area contributed by atoms with Gasteiger partial charge in [0.05, 0.1) is 19.8 Å². The van der Waals surface area contributed by atoms with Crippen molar-refractivity contribution >= 4 is 45.2 Å². The number of fused-ring (bicyclic) bond motifs is 1. The molecule has 0 atom stereocenters. The fraction of sp³-hybridized carbons (Fsp3) is 0.727. The SMILES string of the molecule is CC(C)(C)OC(=O)N1CCC2(CC1)CN(Cc1nc3c(N4CCOCC4)nc(Cl)nc3s1)C2. The van der Waals surface area contributed by atoms with Crippen LogP contribution in [-0.2, 0) is 16.0 Å². The quantitative estimate of drug-likeness (QED) is 0.600. The van der Waals surface area contributed by atoms with Gasteiger partial charge >= 0.3 is 6.09 Å². The molecule has 5 heterocycles. The number of carbonyl (C=O) groups is 1. The molecule has 1 spiro atoms. The zero-order valence-corrected chi connectivity index (χ0v) is 21.0. The summed E-state index contributed by atoms with van der Waals surface area (Å²) in [6.45, 7) is 13.1. The van der Waals surface area contributed by atoms with Gasteiger partial charge in [-0.15, -0.1) is 0 Å². The molecule has 3 aliphatic rings. The van der Waals surface area contributed by atoms with Crippen molar-refractivity contribution in [3.05, 3.63) is 10.3 Å². The first-order valence-electron chi connectivity index (χ1n) is 11.6. The number of morpholine rings is 1. The van der Waals surface area contributed by atoms with Gasteiger partial charge in [-0.3, -0.25) is 4.90 Å². The molecule has 180 valence electrons. The van der Waals surface area contributed by atoms with Gasteiger partial charge in [-0.2, -0.15) is 4.98 Å². The normalized spacial score (nSPS) is 21.5. The van der Waals surface area contributed by atoms with E-state index in [2.05, 4.69) is 19.8 Å². The summed E-state index contributed by atoms with van der Waals surface area (Å²) in [5.74, 6) is 0.811. The highest BCUT2D eigenvalue weighted by molar-refractivity contribution is 7.18. The summed E-state index contributed by atoms with van der Waals surface area (Å²) in [7, 11) is 0. The fourth-order valence-corrected chi connectivity index (χ4v) is 6.09. The lowest BCUT2D eigenvalue weighted by Crippen LogP contribution is -2.60. The number of hydrogen-bond acceptors (Lipinski definition) is 9. The lowest BCUT2D eigenvalue weighted by atomic mass is 9.72. The third-order valence-corrected chi connectivity index (χ3v) is 7.62. The largest absolute Gasteiger partial charge is 0.444 e. The third-order valence-electron chi connectivity index (χ3n) is 6.52. The molecule has 3 saturated heterocycles. The van der Waals surface area contributed by atoms with Crippen molar-refractivity contribution in [3.63, 3.8) is 0 Å². The van der Waals surface area contributed by atoms with E-state index in [9.17, 15) is 4.79 Å². The first kappa shape index (κ1) is 23.0. The number of likely N-dealkylation sites (tertiary alicyclic amines) is 2. The van der Waals surface area contributed by atoms with E-state index in [0.29, 0.717) is 18.6 Å². The number of nitrogens with zero attached hydrogens (tertiary/aromatic N) is 6. The van der Waals surface area contributed by atoms with E-state index in [4.69, 9.17) is 26.1 Å². The Kier molecular flexibility index (Phi) is 6.13. The van der Waals surface area contributed by atoms with Crippen LogP contribution in [0.15, 0.2) is 0 Å². The number of rotatable bonds is 3. The second-order valence-corrected chi connectivity index (χ2v) is 11.7. The Morgan fingerprint density at radius 3 is 2.48 bits per heavy atom. The number of halogens is 1. The third kappa shape index (κ3) is 5.03. The molecule has 1 amide bonds. The number of anilines is 1. The zero-order valence-electron chi connectivity index (χ0n) is 19.5. The Bertz CT molecular complexity index is 1020. The van der Waals surface area contributed by atoms with E-state index >= 15 is 0 Å². The molecule has 2 aromatic rings. The van der Waals surface area contributed by atoms with Crippen LogP contribution in [0.3, 0.4) is 0 Å². The molecule has 33 heavy (non-hydrogen) atoms. The molecule has 5 rings (SSSR count). The minimum atomic E-state index is -0.451. The number of aromatic nitrogens is 3. The molecule has 3 aliphatic heterocycles.